The molecule has 1 saturated carbocycles. The van der Waals surface area contributed by atoms with Gasteiger partial charge in [-0.2, -0.15) is 0 Å². The number of hydrogen-bond donors (Lipinski definition) is 1. The number of halogens is 2. The fourth-order valence-corrected chi connectivity index (χ4v) is 7.22. The number of carbonyl (C=O) groups excluding carboxylic acids is 2. The van der Waals surface area contributed by atoms with Crippen LogP contribution in [0.3, 0.4) is 0 Å². The minimum atomic E-state index is -3.68. The van der Waals surface area contributed by atoms with Crippen molar-refractivity contribution in [2.24, 2.45) is 0 Å². The van der Waals surface area contributed by atoms with E-state index in [4.69, 9.17) is 32.7 Å². The molecule has 9 nitrogen and oxygen atoms in total. The summed E-state index contributed by atoms with van der Waals surface area (Å²) >= 11 is 12.7. The van der Waals surface area contributed by atoms with E-state index in [0.29, 0.717) is 39.2 Å². The van der Waals surface area contributed by atoms with Crippen LogP contribution in [-0.2, 0) is 32.6 Å². The summed E-state index contributed by atoms with van der Waals surface area (Å²) in [5, 5.41) is 4.04. The normalized spacial score (nSPS) is 15.1. The van der Waals surface area contributed by atoms with Gasteiger partial charge in [0.2, 0.25) is 28.6 Å². The van der Waals surface area contributed by atoms with E-state index < -0.39 is 16.1 Å². The Kier molecular flexibility index (Phi) is 10.8. The second kappa shape index (κ2) is 14.7. The fourth-order valence-electron chi connectivity index (χ4n) is 5.80. The van der Waals surface area contributed by atoms with Gasteiger partial charge in [-0.1, -0.05) is 72.4 Å². The molecule has 0 unspecified atom stereocenters. The standard InChI is InChI=1S/C33H37Cl2N3O6S/c1-45(41,42)38(27-15-16-30-31(20-27)44-22-43-30)17-7-12-32(39)37(21-24-13-14-25(34)19-28(24)35)29(18-23-8-3-2-4-9-23)33(40)36-26-10-5-6-11-26/h2-4,8-9,13-16,19-20,26,29H,5-7,10-12,17-18,21-22H2,1H3,(H,36,40)/t29-/m1/s1. The quantitative estimate of drug-likeness (QED) is 0.240. The third-order valence-electron chi connectivity index (χ3n) is 8.12. The molecule has 2 amide bonds. The zero-order valence-corrected chi connectivity index (χ0v) is 27.4. The van der Waals surface area contributed by atoms with Gasteiger partial charge in [0.25, 0.3) is 0 Å². The maximum atomic E-state index is 14.1. The average molecular weight is 675 g/mol. The van der Waals surface area contributed by atoms with Crippen molar-refractivity contribution in [2.45, 2.75) is 63.6 Å². The molecule has 1 aliphatic carbocycles. The van der Waals surface area contributed by atoms with Gasteiger partial charge >= 0.3 is 0 Å². The van der Waals surface area contributed by atoms with E-state index in [0.717, 1.165) is 37.5 Å². The van der Waals surface area contributed by atoms with Crippen molar-refractivity contribution in [3.05, 3.63) is 87.9 Å². The van der Waals surface area contributed by atoms with Crippen LogP contribution in [0.25, 0.3) is 0 Å². The summed E-state index contributed by atoms with van der Waals surface area (Å²) in [6, 6.07) is 18.8. The van der Waals surface area contributed by atoms with E-state index in [9.17, 15) is 18.0 Å². The molecule has 45 heavy (non-hydrogen) atoms. The first kappa shape index (κ1) is 32.9. The highest BCUT2D eigenvalue weighted by atomic mass is 35.5. The molecule has 1 atom stereocenters. The molecular weight excluding hydrogens is 637 g/mol. The molecule has 1 heterocycles. The van der Waals surface area contributed by atoms with Crippen molar-refractivity contribution in [2.75, 3.05) is 23.9 Å². The highest BCUT2D eigenvalue weighted by Crippen LogP contribution is 2.36. The summed E-state index contributed by atoms with van der Waals surface area (Å²) in [5.41, 5.74) is 1.98. The van der Waals surface area contributed by atoms with E-state index in [1.54, 1.807) is 41.3 Å². The smallest absolute Gasteiger partial charge is 0.243 e. The van der Waals surface area contributed by atoms with Gasteiger partial charge in [0, 0.05) is 48.1 Å². The SMILES string of the molecule is CS(=O)(=O)N(CCCC(=O)N(Cc1ccc(Cl)cc1Cl)[C@H](Cc1ccccc1)C(=O)NC1CCCC1)c1ccc2c(c1)OCO2. The van der Waals surface area contributed by atoms with Crippen LogP contribution in [-0.4, -0.2) is 56.8 Å². The van der Waals surface area contributed by atoms with Gasteiger partial charge in [-0.3, -0.25) is 13.9 Å². The van der Waals surface area contributed by atoms with Crippen molar-refractivity contribution >= 4 is 50.7 Å². The summed E-state index contributed by atoms with van der Waals surface area (Å²) in [6.45, 7) is 0.206. The van der Waals surface area contributed by atoms with Crippen LogP contribution < -0.4 is 19.1 Å². The van der Waals surface area contributed by atoms with E-state index in [-0.39, 0.29) is 50.6 Å². The third kappa shape index (κ3) is 8.62. The van der Waals surface area contributed by atoms with Crippen molar-refractivity contribution in [3.8, 4) is 11.5 Å². The molecule has 5 rings (SSSR count). The average Bonchev–Trinajstić information content (AvgIpc) is 3.69. The third-order valence-corrected chi connectivity index (χ3v) is 9.91. The Balaban J connectivity index is 1.39. The van der Waals surface area contributed by atoms with Crippen LogP contribution in [0.15, 0.2) is 66.7 Å². The minimum absolute atomic E-state index is 0.00375. The van der Waals surface area contributed by atoms with Crippen LogP contribution in [0.2, 0.25) is 10.0 Å². The molecule has 1 aliphatic heterocycles. The number of nitrogens with one attached hydrogen (secondary N) is 1. The molecule has 3 aromatic carbocycles. The molecule has 1 fully saturated rings. The van der Waals surface area contributed by atoms with E-state index >= 15 is 0 Å². The molecule has 3 aromatic rings. The lowest BCUT2D eigenvalue weighted by molar-refractivity contribution is -0.141. The predicted molar refractivity (Wildman–Crippen MR) is 175 cm³/mol. The molecule has 240 valence electrons. The molecule has 12 heteroatoms. The van der Waals surface area contributed by atoms with Crippen molar-refractivity contribution in [1.29, 1.82) is 0 Å². The number of carbonyl (C=O) groups is 2. The van der Waals surface area contributed by atoms with E-state index in [1.165, 1.54) is 4.31 Å². The van der Waals surface area contributed by atoms with E-state index in [1.807, 2.05) is 30.3 Å². The van der Waals surface area contributed by atoms with Gasteiger partial charge in [0.15, 0.2) is 11.5 Å². The Morgan fingerprint density at radius 1 is 0.978 bits per heavy atom. The molecular formula is C33H37Cl2N3O6S. The molecule has 0 bridgehead atoms. The maximum Gasteiger partial charge on any atom is 0.243 e. The molecule has 0 spiro atoms. The van der Waals surface area contributed by atoms with Crippen LogP contribution in [0.5, 0.6) is 11.5 Å². The zero-order chi connectivity index (χ0) is 32.0. The number of nitrogens with zero attached hydrogens (tertiary/aromatic N) is 2. The van der Waals surface area contributed by atoms with Crippen LogP contribution >= 0.6 is 23.2 Å². The molecule has 2 aliphatic rings. The molecule has 1 N–H and O–H groups in total. The number of amides is 2. The number of sulfonamides is 1. The summed E-state index contributed by atoms with van der Waals surface area (Å²) < 4.78 is 37.6. The second-order valence-electron chi connectivity index (χ2n) is 11.4. The Morgan fingerprint density at radius 2 is 1.71 bits per heavy atom. The van der Waals surface area contributed by atoms with Gasteiger partial charge in [-0.15, -0.1) is 0 Å². The van der Waals surface area contributed by atoms with E-state index in [2.05, 4.69) is 5.32 Å². The highest BCUT2D eigenvalue weighted by molar-refractivity contribution is 7.92. The van der Waals surface area contributed by atoms with Crippen molar-refractivity contribution in [3.63, 3.8) is 0 Å². The topological polar surface area (TPSA) is 105 Å². The molecule has 0 aromatic heterocycles. The van der Waals surface area contributed by atoms with Crippen LogP contribution in [0.1, 0.15) is 49.7 Å². The first-order valence-corrected chi connectivity index (χ1v) is 17.6. The van der Waals surface area contributed by atoms with Gasteiger partial charge in [-0.25, -0.2) is 8.42 Å². The predicted octanol–water partition coefficient (Wildman–Crippen LogP) is 5.97. The van der Waals surface area contributed by atoms with Crippen LogP contribution in [0, 0.1) is 0 Å². The minimum Gasteiger partial charge on any atom is -0.454 e. The number of anilines is 1. The summed E-state index contributed by atoms with van der Waals surface area (Å²) in [5.74, 6) is 0.490. The van der Waals surface area contributed by atoms with Crippen molar-refractivity contribution in [1.82, 2.24) is 10.2 Å². The van der Waals surface area contributed by atoms with Crippen LogP contribution in [0.4, 0.5) is 5.69 Å². The Bertz CT molecular complexity index is 1620. The molecule has 0 radical (unpaired) electrons. The Morgan fingerprint density at radius 3 is 2.42 bits per heavy atom. The first-order valence-electron chi connectivity index (χ1n) is 15.0. The number of ether oxygens (including phenoxy) is 2. The highest BCUT2D eigenvalue weighted by Gasteiger charge is 2.33. The number of fused-ring (bicyclic) bond motifs is 1. The van der Waals surface area contributed by atoms with Gasteiger partial charge in [0.1, 0.15) is 6.04 Å². The summed E-state index contributed by atoms with van der Waals surface area (Å²) in [4.78, 5) is 29.6. The number of rotatable bonds is 13. The monoisotopic (exact) mass is 673 g/mol. The lowest BCUT2D eigenvalue weighted by Crippen LogP contribution is -2.52. The van der Waals surface area contributed by atoms with Gasteiger partial charge in [0.05, 0.1) is 11.9 Å². The lowest BCUT2D eigenvalue weighted by atomic mass is 10.0. The Labute approximate surface area is 274 Å². The number of hydrogen-bond acceptors (Lipinski definition) is 6. The summed E-state index contributed by atoms with van der Waals surface area (Å²) in [6.07, 6.45) is 5.57. The van der Waals surface area contributed by atoms with Crippen molar-refractivity contribution < 1.29 is 27.5 Å². The van der Waals surface area contributed by atoms with Gasteiger partial charge < -0.3 is 19.7 Å². The maximum absolute atomic E-state index is 14.1. The molecule has 0 saturated heterocycles. The lowest BCUT2D eigenvalue weighted by Gasteiger charge is -2.33. The summed E-state index contributed by atoms with van der Waals surface area (Å²) in [7, 11) is -3.68. The fraction of sp³-hybridized carbons (Fsp3) is 0.394. The largest absolute Gasteiger partial charge is 0.454 e. The Hall–Kier alpha value is -3.47. The first-order chi connectivity index (χ1) is 21.6. The van der Waals surface area contributed by atoms with Gasteiger partial charge in [-0.05, 0) is 54.7 Å². The second-order valence-corrected chi connectivity index (χ2v) is 14.2. The zero-order valence-electron chi connectivity index (χ0n) is 25.1. The number of benzene rings is 3.